The van der Waals surface area contributed by atoms with Gasteiger partial charge in [0.15, 0.2) is 0 Å². The van der Waals surface area contributed by atoms with Crippen molar-refractivity contribution in [1.82, 2.24) is 5.32 Å². The molecule has 0 aromatic heterocycles. The highest BCUT2D eigenvalue weighted by Gasteiger charge is 2.45. The van der Waals surface area contributed by atoms with Gasteiger partial charge < -0.3 is 15.2 Å². The van der Waals surface area contributed by atoms with Crippen molar-refractivity contribution in [2.45, 2.75) is 50.7 Å². The van der Waals surface area contributed by atoms with E-state index in [2.05, 4.69) is 31.3 Å². The van der Waals surface area contributed by atoms with Crippen molar-refractivity contribution in [2.75, 3.05) is 7.05 Å². The highest BCUT2D eigenvalue weighted by atomic mass is 16.5. The Morgan fingerprint density at radius 3 is 2.50 bits per heavy atom. The quantitative estimate of drug-likeness (QED) is 0.869. The minimum Gasteiger partial charge on any atom is -0.490 e. The molecule has 2 rings (SSSR count). The largest absolute Gasteiger partial charge is 0.490 e. The zero-order valence-electron chi connectivity index (χ0n) is 12.3. The molecular weight excluding hydrogens is 254 g/mol. The summed E-state index contributed by atoms with van der Waals surface area (Å²) in [5, 5.41) is 12.3. The van der Waals surface area contributed by atoms with Gasteiger partial charge in [0.25, 0.3) is 0 Å². The van der Waals surface area contributed by atoms with Crippen LogP contribution >= 0.6 is 0 Å². The Kier molecular flexibility index (Phi) is 4.33. The number of rotatable bonds is 5. The van der Waals surface area contributed by atoms with Gasteiger partial charge in [0.1, 0.15) is 17.4 Å². The fraction of sp³-hybridized carbons (Fsp3) is 0.562. The highest BCUT2D eigenvalue weighted by molar-refractivity contribution is 5.79. The minimum absolute atomic E-state index is 0.0385. The molecule has 4 heteroatoms. The minimum atomic E-state index is -0.831. The van der Waals surface area contributed by atoms with Crippen molar-refractivity contribution in [3.05, 3.63) is 29.8 Å². The van der Waals surface area contributed by atoms with Crippen LogP contribution in [-0.4, -0.2) is 29.8 Å². The molecule has 2 atom stereocenters. The van der Waals surface area contributed by atoms with Crippen molar-refractivity contribution < 1.29 is 14.6 Å². The Balaban J connectivity index is 2.00. The van der Waals surface area contributed by atoms with E-state index >= 15 is 0 Å². The fourth-order valence-electron chi connectivity index (χ4n) is 2.75. The number of hydrogen-bond donors (Lipinski definition) is 2. The third-order valence-electron chi connectivity index (χ3n) is 4.21. The van der Waals surface area contributed by atoms with Gasteiger partial charge in [0.2, 0.25) is 0 Å². The van der Waals surface area contributed by atoms with E-state index in [0.29, 0.717) is 18.8 Å². The third kappa shape index (κ3) is 2.96. The van der Waals surface area contributed by atoms with Crippen LogP contribution in [0.1, 0.15) is 44.6 Å². The Morgan fingerprint density at radius 1 is 1.40 bits per heavy atom. The van der Waals surface area contributed by atoms with Crippen LogP contribution in [0.3, 0.4) is 0 Å². The van der Waals surface area contributed by atoms with Gasteiger partial charge in [-0.1, -0.05) is 26.0 Å². The second kappa shape index (κ2) is 5.83. The van der Waals surface area contributed by atoms with Gasteiger partial charge in [-0.25, -0.2) is 0 Å². The number of ether oxygens (including phenoxy) is 1. The molecule has 20 heavy (non-hydrogen) atoms. The molecule has 0 amide bonds. The number of nitrogens with one attached hydrogen (secondary N) is 1. The second-order valence-corrected chi connectivity index (χ2v) is 5.84. The number of carbonyl (C=O) groups is 1. The molecule has 0 bridgehead atoms. The molecule has 1 aliphatic rings. The van der Waals surface area contributed by atoms with Gasteiger partial charge in [-0.3, -0.25) is 4.79 Å². The topological polar surface area (TPSA) is 58.6 Å². The number of carboxylic acids is 1. The summed E-state index contributed by atoms with van der Waals surface area (Å²) in [5.41, 5.74) is 0.446. The molecule has 1 fully saturated rings. The molecule has 1 aliphatic carbocycles. The summed E-state index contributed by atoms with van der Waals surface area (Å²) in [5.74, 6) is 0.525. The zero-order valence-corrected chi connectivity index (χ0v) is 12.3. The maximum absolute atomic E-state index is 11.4. The summed E-state index contributed by atoms with van der Waals surface area (Å²) in [4.78, 5) is 11.4. The van der Waals surface area contributed by atoms with Crippen LogP contribution in [0.15, 0.2) is 24.3 Å². The maximum Gasteiger partial charge on any atom is 0.324 e. The molecule has 4 nitrogen and oxygen atoms in total. The smallest absolute Gasteiger partial charge is 0.324 e. The maximum atomic E-state index is 11.4. The lowest BCUT2D eigenvalue weighted by atomic mass is 9.98. The van der Waals surface area contributed by atoms with E-state index < -0.39 is 11.5 Å². The van der Waals surface area contributed by atoms with Crippen LogP contribution in [0.2, 0.25) is 0 Å². The predicted molar refractivity (Wildman–Crippen MR) is 78.2 cm³/mol. The number of benzene rings is 1. The van der Waals surface area contributed by atoms with Crippen LogP contribution in [0.25, 0.3) is 0 Å². The van der Waals surface area contributed by atoms with Crippen molar-refractivity contribution in [3.63, 3.8) is 0 Å². The Morgan fingerprint density at radius 2 is 2.05 bits per heavy atom. The molecule has 1 aromatic carbocycles. The van der Waals surface area contributed by atoms with Gasteiger partial charge in [0, 0.05) is 6.42 Å². The molecule has 0 heterocycles. The first-order valence-corrected chi connectivity index (χ1v) is 7.16. The summed E-state index contributed by atoms with van der Waals surface area (Å²) in [6.45, 7) is 4.31. The van der Waals surface area contributed by atoms with Crippen molar-refractivity contribution in [2.24, 2.45) is 0 Å². The zero-order chi connectivity index (χ0) is 14.8. The molecule has 2 unspecified atom stereocenters. The highest BCUT2D eigenvalue weighted by Crippen LogP contribution is 2.33. The molecule has 0 radical (unpaired) electrons. The summed E-state index contributed by atoms with van der Waals surface area (Å²) in [6.07, 6.45) is 1.83. The third-order valence-corrected chi connectivity index (χ3v) is 4.21. The Hall–Kier alpha value is -1.55. The van der Waals surface area contributed by atoms with Gasteiger partial charge in [0.05, 0.1) is 0 Å². The van der Waals surface area contributed by atoms with E-state index in [-0.39, 0.29) is 6.10 Å². The fourth-order valence-corrected chi connectivity index (χ4v) is 2.75. The van der Waals surface area contributed by atoms with E-state index in [9.17, 15) is 9.90 Å². The van der Waals surface area contributed by atoms with Crippen LogP contribution in [0, 0.1) is 0 Å². The standard InChI is InChI=1S/C16H23NO3/c1-11(2)12-4-6-13(7-5-12)20-14-8-9-16(10-14,17-3)15(18)19/h4-7,11,14,17H,8-10H2,1-3H3,(H,18,19). The lowest BCUT2D eigenvalue weighted by molar-refractivity contribution is -0.144. The lowest BCUT2D eigenvalue weighted by Gasteiger charge is -2.23. The van der Waals surface area contributed by atoms with E-state index in [4.69, 9.17) is 4.74 Å². The first-order valence-electron chi connectivity index (χ1n) is 7.16. The number of aliphatic carboxylic acids is 1. The molecule has 0 spiro atoms. The first kappa shape index (κ1) is 14.9. The monoisotopic (exact) mass is 277 g/mol. The first-order chi connectivity index (χ1) is 9.47. The van der Waals surface area contributed by atoms with Crippen molar-refractivity contribution >= 4 is 5.97 Å². The van der Waals surface area contributed by atoms with Crippen molar-refractivity contribution in [1.29, 1.82) is 0 Å². The van der Waals surface area contributed by atoms with Gasteiger partial charge in [-0.05, 0) is 43.5 Å². The summed E-state index contributed by atoms with van der Waals surface area (Å²) >= 11 is 0. The SMILES string of the molecule is CNC1(C(=O)O)CCC(Oc2ccc(C(C)C)cc2)C1. The van der Waals surface area contributed by atoms with Gasteiger partial charge in [-0.15, -0.1) is 0 Å². The van der Waals surface area contributed by atoms with Gasteiger partial charge >= 0.3 is 5.97 Å². The van der Waals surface area contributed by atoms with Gasteiger partial charge in [-0.2, -0.15) is 0 Å². The summed E-state index contributed by atoms with van der Waals surface area (Å²) < 4.78 is 5.91. The summed E-state index contributed by atoms with van der Waals surface area (Å²) in [6, 6.07) is 8.07. The summed E-state index contributed by atoms with van der Waals surface area (Å²) in [7, 11) is 1.70. The lowest BCUT2D eigenvalue weighted by Crippen LogP contribution is -2.48. The molecule has 1 saturated carbocycles. The Labute approximate surface area is 120 Å². The van der Waals surface area contributed by atoms with Crippen molar-refractivity contribution in [3.8, 4) is 5.75 Å². The normalized spacial score (nSPS) is 25.9. The predicted octanol–water partition coefficient (Wildman–Crippen LogP) is 2.78. The van der Waals surface area contributed by atoms with E-state index in [1.165, 1.54) is 5.56 Å². The van der Waals surface area contributed by atoms with Crippen LogP contribution in [0.5, 0.6) is 5.75 Å². The van der Waals surface area contributed by atoms with E-state index in [1.54, 1.807) is 7.05 Å². The van der Waals surface area contributed by atoms with Crippen LogP contribution in [0.4, 0.5) is 0 Å². The Bertz CT molecular complexity index is 469. The average Bonchev–Trinajstić information content (AvgIpc) is 2.84. The number of hydrogen-bond acceptors (Lipinski definition) is 3. The molecular formula is C16H23NO3. The molecule has 0 aliphatic heterocycles. The molecule has 2 N–H and O–H groups in total. The van der Waals surface area contributed by atoms with E-state index in [0.717, 1.165) is 12.2 Å². The molecule has 110 valence electrons. The molecule has 1 aromatic rings. The average molecular weight is 277 g/mol. The molecule has 0 saturated heterocycles. The van der Waals surface area contributed by atoms with E-state index in [1.807, 2.05) is 12.1 Å². The number of carboxylic acid groups (broad SMARTS) is 1. The number of likely N-dealkylation sites (N-methyl/N-ethyl adjacent to an activating group) is 1. The second-order valence-electron chi connectivity index (χ2n) is 5.84. The van der Waals surface area contributed by atoms with Crippen LogP contribution in [-0.2, 0) is 4.79 Å². The van der Waals surface area contributed by atoms with Crippen LogP contribution < -0.4 is 10.1 Å².